The van der Waals surface area contributed by atoms with Crippen molar-refractivity contribution in [1.29, 1.82) is 0 Å². The van der Waals surface area contributed by atoms with Crippen molar-refractivity contribution in [2.45, 2.75) is 115 Å². The number of nitrogens with zero attached hydrogens (tertiary/aromatic N) is 4. The van der Waals surface area contributed by atoms with E-state index in [2.05, 4.69) is 34.4 Å². The standard InChI is InChI=1S/C33H52N8O4/c1-19(2)27(34-5)31(42)40-15-7-9-25(40)29-35-17-23(37-29)21-11-13-22(14-12-21)24-18-36-30(38-24)26-10-8-16-41(26)32(43)28(20(3)4)39-33(44)45-6/h17-22,25-28,34H,7-16H2,1-6H3,(H,35,37)(H,36,38)(H,39,44). The number of likely N-dealkylation sites (tertiary alicyclic amines) is 2. The molecule has 2 aromatic heterocycles. The SMILES string of the molecule is CNC(C(=O)N1CCCC1c1ncc(C2CCC(c3cnc(C4CCCN4C(=O)C(NC(=O)OC)C(C)C)[nH]3)CC2)[nH]1)C(C)C. The summed E-state index contributed by atoms with van der Waals surface area (Å²) in [5.41, 5.74) is 2.30. The van der Waals surface area contributed by atoms with Gasteiger partial charge < -0.3 is 35.1 Å². The van der Waals surface area contributed by atoms with Crippen LogP contribution in [0.5, 0.6) is 0 Å². The highest BCUT2D eigenvalue weighted by molar-refractivity contribution is 5.86. The molecule has 5 rings (SSSR count). The fourth-order valence-corrected chi connectivity index (χ4v) is 7.60. The Bertz CT molecular complexity index is 1310. The monoisotopic (exact) mass is 624 g/mol. The van der Waals surface area contributed by atoms with E-state index in [4.69, 9.17) is 14.7 Å². The minimum atomic E-state index is -0.645. The Balaban J connectivity index is 1.19. The third-order valence-corrected chi connectivity index (χ3v) is 10.2. The molecule has 3 amide bonds. The molecule has 1 saturated carbocycles. The zero-order valence-corrected chi connectivity index (χ0v) is 27.8. The zero-order valence-electron chi connectivity index (χ0n) is 27.8. The number of carbonyl (C=O) groups excluding carboxylic acids is 3. The molecule has 248 valence electrons. The number of hydrogen-bond acceptors (Lipinski definition) is 7. The van der Waals surface area contributed by atoms with Crippen LogP contribution in [0, 0.1) is 11.8 Å². The van der Waals surface area contributed by atoms with Crippen LogP contribution >= 0.6 is 0 Å². The molecule has 4 N–H and O–H groups in total. The Labute approximate surface area is 266 Å². The number of alkyl carbamates (subject to hydrolysis) is 1. The van der Waals surface area contributed by atoms with E-state index < -0.39 is 12.1 Å². The molecule has 12 nitrogen and oxygen atoms in total. The summed E-state index contributed by atoms with van der Waals surface area (Å²) in [7, 11) is 3.17. The number of H-pyrrole nitrogens is 2. The van der Waals surface area contributed by atoms with Crippen LogP contribution in [0.2, 0.25) is 0 Å². The number of ether oxygens (including phenoxy) is 1. The van der Waals surface area contributed by atoms with Gasteiger partial charge in [0.1, 0.15) is 17.7 Å². The van der Waals surface area contributed by atoms with Gasteiger partial charge in [-0.15, -0.1) is 0 Å². The maximum absolute atomic E-state index is 13.5. The number of carbonyl (C=O) groups is 3. The Kier molecular flexibility index (Phi) is 10.5. The number of aromatic amines is 2. The van der Waals surface area contributed by atoms with E-state index >= 15 is 0 Å². The van der Waals surface area contributed by atoms with Gasteiger partial charge in [0.05, 0.1) is 25.2 Å². The quantitative estimate of drug-likeness (QED) is 0.304. The average molecular weight is 625 g/mol. The molecule has 2 aromatic rings. The van der Waals surface area contributed by atoms with Crippen molar-refractivity contribution in [2.75, 3.05) is 27.2 Å². The Morgan fingerprint density at radius 3 is 1.62 bits per heavy atom. The maximum Gasteiger partial charge on any atom is 0.407 e. The van der Waals surface area contributed by atoms with Gasteiger partial charge >= 0.3 is 6.09 Å². The number of imidazole rings is 2. The lowest BCUT2D eigenvalue weighted by Crippen LogP contribution is -2.51. The summed E-state index contributed by atoms with van der Waals surface area (Å²) in [6, 6.07) is -0.947. The molecule has 12 heteroatoms. The number of methoxy groups -OCH3 is 1. The van der Waals surface area contributed by atoms with Crippen LogP contribution in [0.3, 0.4) is 0 Å². The van der Waals surface area contributed by atoms with Gasteiger partial charge in [-0.3, -0.25) is 9.59 Å². The summed E-state index contributed by atoms with van der Waals surface area (Å²) in [5.74, 6) is 2.76. The maximum atomic E-state index is 13.5. The van der Waals surface area contributed by atoms with E-state index in [9.17, 15) is 14.4 Å². The number of likely N-dealkylation sites (N-methyl/N-ethyl adjacent to an activating group) is 1. The second-order valence-electron chi connectivity index (χ2n) is 13.7. The van der Waals surface area contributed by atoms with E-state index in [-0.39, 0.29) is 41.8 Å². The summed E-state index contributed by atoms with van der Waals surface area (Å²) in [6.07, 6.45) is 11.2. The van der Waals surface area contributed by atoms with Crippen molar-refractivity contribution in [1.82, 2.24) is 40.4 Å². The summed E-state index contributed by atoms with van der Waals surface area (Å²) in [5, 5.41) is 5.92. The Morgan fingerprint density at radius 2 is 1.22 bits per heavy atom. The van der Waals surface area contributed by atoms with Gasteiger partial charge in [0.2, 0.25) is 11.8 Å². The lowest BCUT2D eigenvalue weighted by Gasteiger charge is -2.30. The van der Waals surface area contributed by atoms with Crippen LogP contribution < -0.4 is 10.6 Å². The molecule has 3 aliphatic rings. The first kappa shape index (κ1) is 33.0. The van der Waals surface area contributed by atoms with Crippen molar-refractivity contribution >= 4 is 17.9 Å². The largest absolute Gasteiger partial charge is 0.453 e. The highest BCUT2D eigenvalue weighted by atomic mass is 16.5. The zero-order chi connectivity index (χ0) is 32.2. The fraction of sp³-hybridized carbons (Fsp3) is 0.727. The second kappa shape index (κ2) is 14.3. The topological polar surface area (TPSA) is 148 Å². The van der Waals surface area contributed by atoms with E-state index in [0.29, 0.717) is 18.4 Å². The molecular formula is C33H52N8O4. The number of nitrogens with one attached hydrogen (secondary N) is 4. The molecule has 2 saturated heterocycles. The Morgan fingerprint density at radius 1 is 0.778 bits per heavy atom. The molecule has 0 aromatic carbocycles. The highest BCUT2D eigenvalue weighted by Crippen LogP contribution is 2.41. The Hall–Kier alpha value is -3.41. The number of aromatic nitrogens is 4. The molecule has 4 atom stereocenters. The molecule has 0 bridgehead atoms. The van der Waals surface area contributed by atoms with Crippen molar-refractivity contribution < 1.29 is 19.1 Å². The van der Waals surface area contributed by atoms with Crippen LogP contribution in [-0.4, -0.2) is 87.0 Å². The van der Waals surface area contributed by atoms with Crippen LogP contribution in [-0.2, 0) is 14.3 Å². The van der Waals surface area contributed by atoms with E-state index in [0.717, 1.165) is 75.3 Å². The van der Waals surface area contributed by atoms with Gasteiger partial charge in [0.25, 0.3) is 0 Å². The normalized spacial score (nSPS) is 25.2. The minimum absolute atomic E-state index is 0.00898. The predicted molar refractivity (Wildman–Crippen MR) is 170 cm³/mol. The first-order valence-corrected chi connectivity index (χ1v) is 16.8. The molecule has 1 aliphatic carbocycles. The summed E-state index contributed by atoms with van der Waals surface area (Å²) in [6.45, 7) is 9.42. The second-order valence-corrected chi connectivity index (χ2v) is 13.7. The van der Waals surface area contributed by atoms with Crippen molar-refractivity contribution in [3.05, 3.63) is 35.4 Å². The van der Waals surface area contributed by atoms with Gasteiger partial charge in [0.15, 0.2) is 0 Å². The molecule has 2 aliphatic heterocycles. The summed E-state index contributed by atoms with van der Waals surface area (Å²) >= 11 is 0. The van der Waals surface area contributed by atoms with E-state index in [1.807, 2.05) is 43.1 Å². The van der Waals surface area contributed by atoms with E-state index in [1.54, 1.807) is 0 Å². The van der Waals surface area contributed by atoms with Crippen LogP contribution in [0.4, 0.5) is 4.79 Å². The lowest BCUT2D eigenvalue weighted by molar-refractivity contribution is -0.136. The number of rotatable bonds is 10. The molecule has 3 fully saturated rings. The first-order chi connectivity index (χ1) is 21.6. The van der Waals surface area contributed by atoms with Crippen LogP contribution in [0.25, 0.3) is 0 Å². The minimum Gasteiger partial charge on any atom is -0.453 e. The van der Waals surface area contributed by atoms with Gasteiger partial charge in [0, 0.05) is 48.7 Å². The molecule has 45 heavy (non-hydrogen) atoms. The molecule has 4 unspecified atom stereocenters. The van der Waals surface area contributed by atoms with Crippen LogP contribution in [0.15, 0.2) is 12.4 Å². The molecule has 4 heterocycles. The predicted octanol–water partition coefficient (Wildman–Crippen LogP) is 4.53. The third-order valence-electron chi connectivity index (χ3n) is 10.2. The van der Waals surface area contributed by atoms with Crippen molar-refractivity contribution in [3.63, 3.8) is 0 Å². The summed E-state index contributed by atoms with van der Waals surface area (Å²) in [4.78, 5) is 59.3. The number of amides is 3. The fourth-order valence-electron chi connectivity index (χ4n) is 7.60. The molecule has 0 radical (unpaired) electrons. The van der Waals surface area contributed by atoms with Gasteiger partial charge in [-0.1, -0.05) is 27.7 Å². The van der Waals surface area contributed by atoms with Gasteiger partial charge in [-0.05, 0) is 70.3 Å². The summed E-state index contributed by atoms with van der Waals surface area (Å²) < 4.78 is 4.76. The molecular weight excluding hydrogens is 572 g/mol. The van der Waals surface area contributed by atoms with Crippen molar-refractivity contribution in [2.24, 2.45) is 11.8 Å². The lowest BCUT2D eigenvalue weighted by atomic mass is 9.79. The average Bonchev–Trinajstić information content (AvgIpc) is 3.85. The third kappa shape index (κ3) is 7.05. The van der Waals surface area contributed by atoms with Crippen molar-refractivity contribution in [3.8, 4) is 0 Å². The van der Waals surface area contributed by atoms with Crippen LogP contribution in [0.1, 0.15) is 126 Å². The van der Waals surface area contributed by atoms with Gasteiger partial charge in [-0.2, -0.15) is 0 Å². The number of hydrogen-bond donors (Lipinski definition) is 4. The molecule has 0 spiro atoms. The van der Waals surface area contributed by atoms with E-state index in [1.165, 1.54) is 12.8 Å². The first-order valence-electron chi connectivity index (χ1n) is 16.8. The highest BCUT2D eigenvalue weighted by Gasteiger charge is 2.39. The van der Waals surface area contributed by atoms with Gasteiger partial charge in [-0.25, -0.2) is 14.8 Å². The smallest absolute Gasteiger partial charge is 0.407 e.